The number of carbonyl (C=O) groups is 2. The third-order valence-corrected chi connectivity index (χ3v) is 6.79. The van der Waals surface area contributed by atoms with E-state index < -0.39 is 23.5 Å². The molecule has 4 atom stereocenters. The number of carbonyl (C=O) groups excluding carboxylic acids is 2. The molecule has 1 aromatic carbocycles. The van der Waals surface area contributed by atoms with E-state index in [1.807, 2.05) is 24.5 Å². The number of anilines is 1. The maximum atomic E-state index is 13.3. The van der Waals surface area contributed by atoms with Crippen LogP contribution >= 0.6 is 11.3 Å². The number of amides is 2. The summed E-state index contributed by atoms with van der Waals surface area (Å²) >= 11 is 1.54. The standard InChI is InChI=1S/C21H20FN3O3S/c1-12-23-14(10-29-12)9-24(2)19(26)17-16-7-8-21(28-16)11-25(20(27)18(17)21)15-5-3-13(22)4-6-15/h3-8,10,16-18H,9,11H2,1-2H3/t16-,17-,18+,21-/m0/s1. The van der Waals surface area contributed by atoms with E-state index in [0.717, 1.165) is 10.7 Å². The van der Waals surface area contributed by atoms with Crippen LogP contribution in [0, 0.1) is 24.6 Å². The highest BCUT2D eigenvalue weighted by Gasteiger charge is 2.67. The van der Waals surface area contributed by atoms with Crippen LogP contribution in [0.25, 0.3) is 0 Å². The minimum absolute atomic E-state index is 0.119. The summed E-state index contributed by atoms with van der Waals surface area (Å²) in [5.41, 5.74) is 0.649. The average molecular weight is 413 g/mol. The quantitative estimate of drug-likeness (QED) is 0.723. The van der Waals surface area contributed by atoms with Crippen LogP contribution in [-0.4, -0.2) is 47.0 Å². The molecule has 2 amide bonds. The van der Waals surface area contributed by atoms with Gasteiger partial charge in [-0.1, -0.05) is 12.2 Å². The van der Waals surface area contributed by atoms with Gasteiger partial charge in [-0.05, 0) is 31.2 Å². The summed E-state index contributed by atoms with van der Waals surface area (Å²) in [6.07, 6.45) is 3.41. The zero-order valence-electron chi connectivity index (χ0n) is 16.0. The molecule has 0 N–H and O–H groups in total. The molecule has 1 spiro atoms. The Labute approximate surface area is 171 Å². The summed E-state index contributed by atoms with van der Waals surface area (Å²) in [7, 11) is 1.73. The minimum atomic E-state index is -0.797. The number of benzene rings is 1. The Balaban J connectivity index is 1.41. The first kappa shape index (κ1) is 18.4. The van der Waals surface area contributed by atoms with Gasteiger partial charge in [0, 0.05) is 18.1 Å². The fourth-order valence-corrected chi connectivity index (χ4v) is 5.28. The van der Waals surface area contributed by atoms with Crippen molar-refractivity contribution in [2.24, 2.45) is 11.8 Å². The Bertz CT molecular complexity index is 1020. The maximum absolute atomic E-state index is 13.3. The number of aromatic nitrogens is 1. The van der Waals surface area contributed by atoms with Crippen LogP contribution in [0.4, 0.5) is 10.1 Å². The molecule has 29 heavy (non-hydrogen) atoms. The number of fused-ring (bicyclic) bond motifs is 1. The van der Waals surface area contributed by atoms with Gasteiger partial charge in [0.25, 0.3) is 0 Å². The SMILES string of the molecule is Cc1nc(CN(C)C(=O)[C@H]2[C@@H]3C=C[C@@]4(CN(c5ccc(F)cc5)C(=O)[C@@H]24)O3)cs1. The first-order chi connectivity index (χ1) is 13.9. The summed E-state index contributed by atoms with van der Waals surface area (Å²) in [5, 5.41) is 2.89. The molecule has 6 nitrogen and oxygen atoms in total. The molecule has 8 heteroatoms. The topological polar surface area (TPSA) is 62.7 Å². The van der Waals surface area contributed by atoms with E-state index in [-0.39, 0.29) is 17.6 Å². The van der Waals surface area contributed by atoms with Crippen LogP contribution in [0.2, 0.25) is 0 Å². The molecule has 0 radical (unpaired) electrons. The molecule has 0 aliphatic carbocycles. The number of aryl methyl sites for hydroxylation is 1. The number of halogens is 1. The fraction of sp³-hybridized carbons (Fsp3) is 0.381. The van der Waals surface area contributed by atoms with Crippen LogP contribution in [-0.2, 0) is 20.9 Å². The molecule has 5 rings (SSSR count). The highest BCUT2D eigenvalue weighted by atomic mass is 32.1. The average Bonchev–Trinajstić information content (AvgIpc) is 3.43. The van der Waals surface area contributed by atoms with Gasteiger partial charge in [-0.25, -0.2) is 9.37 Å². The van der Waals surface area contributed by atoms with Crippen molar-refractivity contribution in [3.05, 3.63) is 58.3 Å². The number of ether oxygens (including phenoxy) is 1. The normalized spacial score (nSPS) is 29.6. The summed E-state index contributed by atoms with van der Waals surface area (Å²) in [4.78, 5) is 34.2. The second-order valence-corrected chi connectivity index (χ2v) is 8.92. The van der Waals surface area contributed by atoms with Crippen molar-refractivity contribution >= 4 is 28.8 Å². The second-order valence-electron chi connectivity index (χ2n) is 7.85. The van der Waals surface area contributed by atoms with E-state index >= 15 is 0 Å². The van der Waals surface area contributed by atoms with Gasteiger partial charge in [-0.15, -0.1) is 11.3 Å². The number of rotatable bonds is 4. The first-order valence-electron chi connectivity index (χ1n) is 9.48. The number of thiazole rings is 1. The van der Waals surface area contributed by atoms with Crippen molar-refractivity contribution in [2.45, 2.75) is 25.2 Å². The predicted molar refractivity (Wildman–Crippen MR) is 106 cm³/mol. The largest absolute Gasteiger partial charge is 0.360 e. The molecule has 150 valence electrons. The van der Waals surface area contributed by atoms with Gasteiger partial charge in [0.1, 0.15) is 11.4 Å². The molecular formula is C21H20FN3O3S. The molecule has 0 saturated carbocycles. The smallest absolute Gasteiger partial charge is 0.234 e. The van der Waals surface area contributed by atoms with Crippen LogP contribution in [0.3, 0.4) is 0 Å². The molecule has 2 fully saturated rings. The van der Waals surface area contributed by atoms with Crippen molar-refractivity contribution in [1.82, 2.24) is 9.88 Å². The Hall–Kier alpha value is -2.58. The van der Waals surface area contributed by atoms with Crippen LogP contribution in [0.15, 0.2) is 41.8 Å². The van der Waals surface area contributed by atoms with E-state index in [1.54, 1.807) is 40.3 Å². The van der Waals surface area contributed by atoms with Crippen molar-refractivity contribution in [1.29, 1.82) is 0 Å². The van der Waals surface area contributed by atoms with E-state index in [9.17, 15) is 14.0 Å². The molecule has 2 saturated heterocycles. The molecule has 0 unspecified atom stereocenters. The van der Waals surface area contributed by atoms with Crippen molar-refractivity contribution < 1.29 is 18.7 Å². The fourth-order valence-electron chi connectivity index (χ4n) is 4.68. The van der Waals surface area contributed by atoms with Gasteiger partial charge in [-0.2, -0.15) is 0 Å². The van der Waals surface area contributed by atoms with Gasteiger partial charge >= 0.3 is 0 Å². The number of nitrogens with zero attached hydrogens (tertiary/aromatic N) is 3. The zero-order chi connectivity index (χ0) is 20.3. The van der Waals surface area contributed by atoms with Crippen LogP contribution in [0.5, 0.6) is 0 Å². The second kappa shape index (κ2) is 6.47. The lowest BCUT2D eigenvalue weighted by Gasteiger charge is -2.27. The van der Waals surface area contributed by atoms with Crippen molar-refractivity contribution in [2.75, 3.05) is 18.5 Å². The van der Waals surface area contributed by atoms with E-state index in [0.29, 0.717) is 18.8 Å². The van der Waals surface area contributed by atoms with Gasteiger partial charge in [0.15, 0.2) is 0 Å². The molecule has 1 aromatic heterocycles. The minimum Gasteiger partial charge on any atom is -0.360 e. The van der Waals surface area contributed by atoms with Crippen LogP contribution in [0.1, 0.15) is 10.7 Å². The molecule has 3 aliphatic heterocycles. The van der Waals surface area contributed by atoms with Crippen molar-refractivity contribution in [3.8, 4) is 0 Å². The third kappa shape index (κ3) is 2.81. The molecule has 3 aliphatic rings. The summed E-state index contributed by atoms with van der Waals surface area (Å²) in [6, 6.07) is 5.81. The molecular weight excluding hydrogens is 393 g/mol. The van der Waals surface area contributed by atoms with Crippen molar-refractivity contribution in [3.63, 3.8) is 0 Å². The lowest BCUT2D eigenvalue weighted by atomic mass is 9.76. The monoisotopic (exact) mass is 413 g/mol. The van der Waals surface area contributed by atoms with Gasteiger partial charge < -0.3 is 14.5 Å². The van der Waals surface area contributed by atoms with E-state index in [1.165, 1.54) is 12.1 Å². The first-order valence-corrected chi connectivity index (χ1v) is 10.4. The summed E-state index contributed by atoms with van der Waals surface area (Å²) in [6.45, 7) is 2.65. The Morgan fingerprint density at radius 1 is 1.41 bits per heavy atom. The molecule has 2 aromatic rings. The number of hydrogen-bond acceptors (Lipinski definition) is 5. The molecule has 2 bridgehead atoms. The number of hydrogen-bond donors (Lipinski definition) is 0. The lowest BCUT2D eigenvalue weighted by molar-refractivity contribution is -0.139. The Kier molecular flexibility index (Phi) is 4.11. The van der Waals surface area contributed by atoms with Gasteiger partial charge in [0.05, 0.1) is 41.7 Å². The van der Waals surface area contributed by atoms with Gasteiger partial charge in [-0.3, -0.25) is 9.59 Å². The highest BCUT2D eigenvalue weighted by Crippen LogP contribution is 2.53. The third-order valence-electron chi connectivity index (χ3n) is 5.97. The summed E-state index contributed by atoms with van der Waals surface area (Å²) < 4.78 is 19.5. The Morgan fingerprint density at radius 2 is 2.17 bits per heavy atom. The van der Waals surface area contributed by atoms with E-state index in [4.69, 9.17) is 4.74 Å². The maximum Gasteiger partial charge on any atom is 0.234 e. The molecule has 4 heterocycles. The highest BCUT2D eigenvalue weighted by molar-refractivity contribution is 7.09. The zero-order valence-corrected chi connectivity index (χ0v) is 16.9. The van der Waals surface area contributed by atoms with E-state index in [2.05, 4.69) is 4.98 Å². The summed E-state index contributed by atoms with van der Waals surface area (Å²) in [5.74, 6) is -1.77. The lowest BCUT2D eigenvalue weighted by Crippen LogP contribution is -2.44. The Morgan fingerprint density at radius 3 is 2.86 bits per heavy atom. The van der Waals surface area contributed by atoms with Crippen LogP contribution < -0.4 is 4.90 Å². The predicted octanol–water partition coefficient (Wildman–Crippen LogP) is 2.54. The van der Waals surface area contributed by atoms with Gasteiger partial charge in [0.2, 0.25) is 11.8 Å².